The maximum Gasteiger partial charge on any atom is 0.258 e. The molecule has 0 aliphatic rings. The smallest absolute Gasteiger partial charge is 0.258 e. The Hall–Kier alpha value is -0.410. The van der Waals surface area contributed by atoms with E-state index in [1.807, 2.05) is 13.0 Å². The van der Waals surface area contributed by atoms with Gasteiger partial charge in [0.2, 0.25) is 5.95 Å². The highest BCUT2D eigenvalue weighted by Gasteiger charge is 2.16. The van der Waals surface area contributed by atoms with Gasteiger partial charge in [-0.2, -0.15) is 0 Å². The van der Waals surface area contributed by atoms with Crippen LogP contribution in [0.5, 0.6) is 0 Å². The van der Waals surface area contributed by atoms with Crippen LogP contribution in [0, 0.1) is 7.14 Å². The van der Waals surface area contributed by atoms with Crippen LogP contribution in [0.4, 0.5) is 5.95 Å². The van der Waals surface area contributed by atoms with Crippen molar-refractivity contribution in [2.75, 3.05) is 5.32 Å². The van der Waals surface area contributed by atoms with Gasteiger partial charge in [-0.25, -0.2) is 4.68 Å². The van der Waals surface area contributed by atoms with Gasteiger partial charge in [-0.15, -0.1) is 0 Å². The largest absolute Gasteiger partial charge is 0.300 e. The van der Waals surface area contributed by atoms with Crippen molar-refractivity contribution >= 4 is 90.3 Å². The maximum atomic E-state index is 12.4. The number of rotatable bonds is 4. The number of tetrazole rings is 1. The van der Waals surface area contributed by atoms with Gasteiger partial charge in [0.1, 0.15) is 0 Å². The summed E-state index contributed by atoms with van der Waals surface area (Å²) in [6.45, 7) is 2.67. The summed E-state index contributed by atoms with van der Waals surface area (Å²) in [5, 5.41) is 16.9. The molecule has 1 aromatic heterocycles. The first-order valence-corrected chi connectivity index (χ1v) is 9.81. The second kappa shape index (κ2) is 8.62. The van der Waals surface area contributed by atoms with Gasteiger partial charge in [-0.3, -0.25) is 15.4 Å². The molecule has 0 aliphatic heterocycles. The lowest BCUT2D eigenvalue weighted by molar-refractivity contribution is 0.0977. The van der Waals surface area contributed by atoms with Crippen molar-refractivity contribution in [3.63, 3.8) is 0 Å². The van der Waals surface area contributed by atoms with Crippen LogP contribution in [0.1, 0.15) is 23.7 Å². The number of halogens is 3. The number of carbonyl (C=O) groups is 1. The van der Waals surface area contributed by atoms with Gasteiger partial charge in [0.25, 0.3) is 5.91 Å². The maximum absolute atomic E-state index is 12.4. The lowest BCUT2D eigenvalue weighted by Crippen LogP contribution is -2.35. The van der Waals surface area contributed by atoms with Crippen LogP contribution in [0.3, 0.4) is 0 Å². The minimum absolute atomic E-state index is 0.142. The van der Waals surface area contributed by atoms with Crippen molar-refractivity contribution in [2.24, 2.45) is 0 Å². The topological polar surface area (TPSA) is 84.7 Å². The van der Waals surface area contributed by atoms with Gasteiger partial charge in [0.15, 0.2) is 5.11 Å². The number of benzene rings is 1. The third-order valence-electron chi connectivity index (χ3n) is 2.66. The molecule has 0 unspecified atom stereocenters. The fourth-order valence-corrected chi connectivity index (χ4v) is 4.12. The Kier molecular flexibility index (Phi) is 7.09. The Balaban J connectivity index is 2.08. The molecule has 2 rings (SSSR count). The fourth-order valence-electron chi connectivity index (χ4n) is 1.68. The van der Waals surface area contributed by atoms with Crippen LogP contribution in [0.15, 0.2) is 16.6 Å². The van der Waals surface area contributed by atoms with Crippen LogP contribution in [0.2, 0.25) is 0 Å². The van der Waals surface area contributed by atoms with Crippen molar-refractivity contribution in [3.8, 4) is 0 Å². The Morgan fingerprint density at radius 2 is 2.17 bits per heavy atom. The van der Waals surface area contributed by atoms with Crippen LogP contribution in [0.25, 0.3) is 0 Å². The lowest BCUT2D eigenvalue weighted by atomic mass is 10.2. The molecule has 0 saturated heterocycles. The predicted octanol–water partition coefficient (Wildman–Crippen LogP) is 3.18. The molecule has 0 saturated carbocycles. The monoisotopic (exact) mass is 620 g/mol. The number of anilines is 1. The minimum atomic E-state index is -0.305. The van der Waals surface area contributed by atoms with E-state index in [1.165, 1.54) is 0 Å². The number of aromatic nitrogens is 4. The Morgan fingerprint density at radius 3 is 2.87 bits per heavy atom. The van der Waals surface area contributed by atoms with Gasteiger partial charge in [-0.1, -0.05) is 12.0 Å². The van der Waals surface area contributed by atoms with Crippen LogP contribution in [-0.4, -0.2) is 31.2 Å². The fraction of sp³-hybridized carbons (Fsp3) is 0.250. The molecule has 23 heavy (non-hydrogen) atoms. The van der Waals surface area contributed by atoms with E-state index in [4.69, 9.17) is 12.2 Å². The molecule has 0 spiro atoms. The first-order valence-electron chi connectivity index (χ1n) is 6.45. The SMILES string of the molecule is CCCn1nnnc1NC(=S)NC(=O)c1cc(I)cc(I)c1Br. The van der Waals surface area contributed by atoms with Gasteiger partial charge in [0, 0.05) is 18.2 Å². The second-order valence-electron chi connectivity index (χ2n) is 4.38. The number of hydrogen-bond acceptors (Lipinski definition) is 5. The summed E-state index contributed by atoms with van der Waals surface area (Å²) in [6.07, 6.45) is 0.882. The molecule has 1 aromatic carbocycles. The van der Waals surface area contributed by atoms with Crippen LogP contribution in [-0.2, 0) is 6.54 Å². The molecule has 1 amide bonds. The molecule has 0 fully saturated rings. The van der Waals surface area contributed by atoms with Crippen LogP contribution < -0.4 is 10.6 Å². The summed E-state index contributed by atoms with van der Waals surface area (Å²) in [7, 11) is 0. The van der Waals surface area contributed by atoms with E-state index in [-0.39, 0.29) is 11.0 Å². The minimum Gasteiger partial charge on any atom is -0.300 e. The van der Waals surface area contributed by atoms with E-state index in [0.717, 1.165) is 18.0 Å². The molecule has 2 aromatic rings. The predicted molar refractivity (Wildman–Crippen MR) is 111 cm³/mol. The number of aryl methyl sites for hydroxylation is 1. The first-order chi connectivity index (χ1) is 10.9. The van der Waals surface area contributed by atoms with Gasteiger partial charge >= 0.3 is 0 Å². The molecule has 0 bridgehead atoms. The number of amides is 1. The number of nitrogens with one attached hydrogen (secondary N) is 2. The van der Waals surface area contributed by atoms with Crippen molar-refractivity contribution in [3.05, 3.63) is 29.3 Å². The van der Waals surface area contributed by atoms with Crippen molar-refractivity contribution in [1.82, 2.24) is 25.5 Å². The van der Waals surface area contributed by atoms with Gasteiger partial charge in [-0.05, 0) is 102 Å². The number of carbonyl (C=O) groups excluding carboxylic acids is 1. The van der Waals surface area contributed by atoms with E-state index in [9.17, 15) is 4.79 Å². The highest BCUT2D eigenvalue weighted by molar-refractivity contribution is 14.1. The van der Waals surface area contributed by atoms with Crippen molar-refractivity contribution < 1.29 is 4.79 Å². The zero-order valence-corrected chi connectivity index (χ0v) is 18.5. The Bertz CT molecular complexity index is 753. The average Bonchev–Trinajstić information content (AvgIpc) is 2.90. The quantitative estimate of drug-likeness (QED) is 0.311. The number of nitrogens with zero attached hydrogens (tertiary/aromatic N) is 4. The third-order valence-corrected chi connectivity index (χ3v) is 5.93. The zero-order valence-electron chi connectivity index (χ0n) is 11.8. The molecule has 1 heterocycles. The van der Waals surface area contributed by atoms with Crippen LogP contribution >= 0.6 is 73.3 Å². The normalized spacial score (nSPS) is 10.4. The highest BCUT2D eigenvalue weighted by Crippen LogP contribution is 2.26. The van der Waals surface area contributed by atoms with E-state index in [1.54, 1.807) is 10.7 Å². The summed E-state index contributed by atoms with van der Waals surface area (Å²) in [6, 6.07) is 3.75. The molecule has 122 valence electrons. The van der Waals surface area contributed by atoms with Gasteiger partial charge in [0.05, 0.1) is 5.56 Å². The van der Waals surface area contributed by atoms with E-state index < -0.39 is 0 Å². The molecule has 11 heteroatoms. The molecule has 0 atom stereocenters. The van der Waals surface area contributed by atoms with Crippen molar-refractivity contribution in [2.45, 2.75) is 19.9 Å². The molecule has 2 N–H and O–H groups in total. The molecule has 0 aliphatic carbocycles. The summed E-state index contributed by atoms with van der Waals surface area (Å²) >= 11 is 12.9. The van der Waals surface area contributed by atoms with E-state index in [2.05, 4.69) is 87.3 Å². The van der Waals surface area contributed by atoms with E-state index in [0.29, 0.717) is 18.1 Å². The van der Waals surface area contributed by atoms with E-state index >= 15 is 0 Å². The molecular formula is C12H11BrI2N6OS. The molecular weight excluding hydrogens is 610 g/mol. The highest BCUT2D eigenvalue weighted by atomic mass is 127. The standard InChI is InChI=1S/C12H11BrI2N6OS/c1-2-3-21-11(18-19-20-21)17-12(23)16-10(22)7-4-6(14)5-8(15)9(7)13/h4-5H,2-3H2,1H3,(H2,16,17,18,20,22,23). The zero-order chi connectivity index (χ0) is 17.0. The van der Waals surface area contributed by atoms with Gasteiger partial charge < -0.3 is 0 Å². The summed E-state index contributed by atoms with van der Waals surface area (Å²) in [5.41, 5.74) is 0.513. The first kappa shape index (κ1) is 18.9. The molecule has 7 nitrogen and oxygen atoms in total. The number of thiocarbonyl (C=S) groups is 1. The summed E-state index contributed by atoms with van der Waals surface area (Å²) < 4.78 is 4.23. The second-order valence-corrected chi connectivity index (χ2v) is 7.99. The third kappa shape index (κ3) is 5.03. The molecule has 0 radical (unpaired) electrons. The summed E-state index contributed by atoms with van der Waals surface area (Å²) in [5.74, 6) is 0.0914. The van der Waals surface area contributed by atoms with Crippen molar-refractivity contribution in [1.29, 1.82) is 0 Å². The summed E-state index contributed by atoms with van der Waals surface area (Å²) in [4.78, 5) is 12.4. The number of hydrogen-bond donors (Lipinski definition) is 2. The average molecular weight is 621 g/mol. The lowest BCUT2D eigenvalue weighted by Gasteiger charge is -2.11. The Morgan fingerprint density at radius 1 is 1.43 bits per heavy atom. The Labute approximate surface area is 173 Å².